The molecule has 1 aliphatic heterocycles. The van der Waals surface area contributed by atoms with E-state index in [1.54, 1.807) is 37.3 Å². The van der Waals surface area contributed by atoms with E-state index in [4.69, 9.17) is 33.2 Å². The van der Waals surface area contributed by atoms with Gasteiger partial charge in [0.15, 0.2) is 28.8 Å². The van der Waals surface area contributed by atoms with E-state index in [2.05, 4.69) is 0 Å². The fraction of sp³-hybridized carbons (Fsp3) is 0.267. The molecule has 0 spiro atoms. The van der Waals surface area contributed by atoms with Gasteiger partial charge in [-0.1, -0.05) is 6.07 Å². The van der Waals surface area contributed by atoms with Gasteiger partial charge >= 0.3 is 0 Å². The molecular formula is C30H29O10-. The molecule has 1 aliphatic rings. The Kier molecular flexibility index (Phi) is 8.37. The highest BCUT2D eigenvalue weighted by molar-refractivity contribution is 6.26. The van der Waals surface area contributed by atoms with Crippen LogP contribution in [0.5, 0.6) is 40.2 Å². The summed E-state index contributed by atoms with van der Waals surface area (Å²) in [4.78, 5) is 26.9. The Labute approximate surface area is 231 Å². The summed E-state index contributed by atoms with van der Waals surface area (Å²) < 4.78 is 38.2. The van der Waals surface area contributed by atoms with Crippen LogP contribution in [0.25, 0.3) is 5.57 Å². The minimum Gasteiger partial charge on any atom is -0.545 e. The van der Waals surface area contributed by atoms with Crippen molar-refractivity contribution in [2.24, 2.45) is 0 Å². The summed E-state index contributed by atoms with van der Waals surface area (Å²) in [5.74, 6) is 0.365. The first-order valence-electron chi connectivity index (χ1n) is 12.2. The summed E-state index contributed by atoms with van der Waals surface area (Å²) in [5, 5.41) is 12.8. The zero-order valence-corrected chi connectivity index (χ0v) is 23.0. The number of hydrogen-bond acceptors (Lipinski definition) is 10. The monoisotopic (exact) mass is 549 g/mol. The van der Waals surface area contributed by atoms with Crippen molar-refractivity contribution < 1.29 is 47.9 Å². The molecule has 10 nitrogen and oxygen atoms in total. The molecule has 0 N–H and O–H groups in total. The fourth-order valence-electron chi connectivity index (χ4n) is 4.66. The number of methoxy groups -OCH3 is 5. The van der Waals surface area contributed by atoms with Crippen molar-refractivity contribution in [3.05, 3.63) is 70.3 Å². The van der Waals surface area contributed by atoms with Crippen LogP contribution in [-0.2, 0) is 11.2 Å². The van der Waals surface area contributed by atoms with E-state index in [9.17, 15) is 14.7 Å². The largest absolute Gasteiger partial charge is 0.545 e. The summed E-state index contributed by atoms with van der Waals surface area (Å²) in [6, 6.07) is 11.1. The lowest BCUT2D eigenvalue weighted by Crippen LogP contribution is -2.27. The lowest BCUT2D eigenvalue weighted by Gasteiger charge is -2.20. The third kappa shape index (κ3) is 5.20. The Morgan fingerprint density at radius 1 is 0.775 bits per heavy atom. The van der Waals surface area contributed by atoms with Crippen molar-refractivity contribution in [2.75, 3.05) is 42.3 Å². The third-order valence-electron chi connectivity index (χ3n) is 6.54. The molecule has 0 amide bonds. The Balaban J connectivity index is 1.99. The number of aliphatic carboxylic acids is 1. The van der Waals surface area contributed by atoms with E-state index < -0.39 is 11.8 Å². The van der Waals surface area contributed by atoms with Gasteiger partial charge in [0.2, 0.25) is 18.3 Å². The predicted octanol–water partition coefficient (Wildman–Crippen LogP) is 3.40. The van der Waals surface area contributed by atoms with Crippen LogP contribution in [-0.4, -0.2) is 54.1 Å². The molecule has 0 fully saturated rings. The van der Waals surface area contributed by atoms with Gasteiger partial charge in [-0.2, -0.15) is 0 Å². The van der Waals surface area contributed by atoms with E-state index >= 15 is 0 Å². The van der Waals surface area contributed by atoms with E-state index in [1.165, 1.54) is 47.7 Å². The molecule has 3 aromatic carbocycles. The minimum atomic E-state index is -1.56. The maximum absolute atomic E-state index is 14.1. The second-order valence-electron chi connectivity index (χ2n) is 8.74. The molecule has 4 rings (SSSR count). The number of ketones is 1. The summed E-state index contributed by atoms with van der Waals surface area (Å²) in [6.45, 7) is 1.73. The molecule has 210 valence electrons. The molecule has 10 heteroatoms. The van der Waals surface area contributed by atoms with Crippen LogP contribution in [0.3, 0.4) is 0 Å². The van der Waals surface area contributed by atoms with Crippen LogP contribution in [0.1, 0.15) is 27.0 Å². The molecule has 0 saturated carbocycles. The van der Waals surface area contributed by atoms with Gasteiger partial charge in [0.25, 0.3) is 0 Å². The number of carboxylic acids is 1. The fourth-order valence-corrected chi connectivity index (χ4v) is 4.66. The van der Waals surface area contributed by atoms with Crippen molar-refractivity contribution in [3.8, 4) is 40.2 Å². The first-order chi connectivity index (χ1) is 19.3. The van der Waals surface area contributed by atoms with Gasteiger partial charge in [0.1, 0.15) is 5.75 Å². The van der Waals surface area contributed by atoms with Gasteiger partial charge in [-0.15, -0.1) is 0 Å². The third-order valence-corrected chi connectivity index (χ3v) is 6.54. The van der Waals surface area contributed by atoms with Crippen LogP contribution in [0.2, 0.25) is 0 Å². The Bertz CT molecular complexity index is 1490. The van der Waals surface area contributed by atoms with Crippen LogP contribution in [0.4, 0.5) is 0 Å². The topological polar surface area (TPSA) is 122 Å². The number of carboxylic acid groups (broad SMARTS) is 1. The number of hydrogen-bond donors (Lipinski definition) is 0. The van der Waals surface area contributed by atoms with Crippen molar-refractivity contribution in [3.63, 3.8) is 0 Å². The normalized spacial score (nSPS) is 12.3. The highest BCUT2D eigenvalue weighted by Crippen LogP contribution is 2.45. The van der Waals surface area contributed by atoms with E-state index in [0.717, 1.165) is 0 Å². The first-order valence-corrected chi connectivity index (χ1v) is 12.2. The van der Waals surface area contributed by atoms with Gasteiger partial charge in [0.05, 0.1) is 41.5 Å². The van der Waals surface area contributed by atoms with Gasteiger partial charge in [0, 0.05) is 28.7 Å². The number of rotatable bonds is 11. The molecule has 1 heterocycles. The molecule has 3 aromatic rings. The van der Waals surface area contributed by atoms with Crippen LogP contribution < -0.4 is 38.3 Å². The van der Waals surface area contributed by atoms with Gasteiger partial charge < -0.3 is 43.1 Å². The lowest BCUT2D eigenvalue weighted by molar-refractivity contribution is -0.295. The minimum absolute atomic E-state index is 0.0563. The summed E-state index contributed by atoms with van der Waals surface area (Å²) in [6.07, 6.45) is -0.145. The summed E-state index contributed by atoms with van der Waals surface area (Å²) >= 11 is 0. The second-order valence-corrected chi connectivity index (χ2v) is 8.74. The summed E-state index contributed by atoms with van der Waals surface area (Å²) in [7, 11) is 7.34. The number of ether oxygens (including phenoxy) is 7. The van der Waals surface area contributed by atoms with Gasteiger partial charge in [-0.3, -0.25) is 4.79 Å². The molecule has 0 saturated heterocycles. The predicted molar refractivity (Wildman–Crippen MR) is 143 cm³/mol. The number of Topliss-reactive ketones (excluding diaryl/α,β-unsaturated/α-hetero) is 1. The van der Waals surface area contributed by atoms with Crippen molar-refractivity contribution in [2.45, 2.75) is 13.3 Å². The number of carbonyl (C=O) groups is 2. The molecule has 0 unspecified atom stereocenters. The van der Waals surface area contributed by atoms with Gasteiger partial charge in [-0.05, 0) is 54.4 Å². The van der Waals surface area contributed by atoms with E-state index in [0.29, 0.717) is 39.9 Å². The highest BCUT2D eigenvalue weighted by Gasteiger charge is 2.27. The zero-order chi connectivity index (χ0) is 29.0. The smallest absolute Gasteiger partial charge is 0.231 e. The molecule has 0 aliphatic carbocycles. The SMILES string of the molecule is COc1ccc(C(=O)/C(Cc2ccc(OC)c(OC)c2OC)=C(\C(=O)[O-])c2cc(OC)c3c(c2)OCO3)cc1C. The van der Waals surface area contributed by atoms with Crippen molar-refractivity contribution >= 4 is 17.3 Å². The van der Waals surface area contributed by atoms with Crippen LogP contribution >= 0.6 is 0 Å². The quantitative estimate of drug-likeness (QED) is 0.260. The number of fused-ring (bicyclic) bond motifs is 1. The van der Waals surface area contributed by atoms with E-state index in [1.807, 2.05) is 0 Å². The maximum atomic E-state index is 14.1. The lowest BCUT2D eigenvalue weighted by atomic mass is 9.88. The van der Waals surface area contributed by atoms with Crippen LogP contribution in [0.15, 0.2) is 48.0 Å². The molecule has 0 aromatic heterocycles. The average Bonchev–Trinajstić information content (AvgIpc) is 3.44. The molecule has 0 radical (unpaired) electrons. The van der Waals surface area contributed by atoms with E-state index in [-0.39, 0.29) is 47.0 Å². The van der Waals surface area contributed by atoms with Crippen LogP contribution in [0, 0.1) is 6.92 Å². The molecule has 0 bridgehead atoms. The first kappa shape index (κ1) is 28.2. The molecular weight excluding hydrogens is 520 g/mol. The Morgan fingerprint density at radius 3 is 2.05 bits per heavy atom. The standard InChI is InChI=1S/C30H30O10/c1-16-11-17(7-9-21(16)34-2)26(31)20(12-18-8-10-22(35-3)29(38-6)27(18)37-5)25(30(32)33)19-13-23(36-4)28-24(14-19)39-15-40-28/h7-11,13-14H,12,15H2,1-6H3,(H,32,33)/p-1/b25-20-. The Morgan fingerprint density at radius 2 is 1.45 bits per heavy atom. The maximum Gasteiger partial charge on any atom is 0.231 e. The molecule has 0 atom stereocenters. The van der Waals surface area contributed by atoms with Crippen molar-refractivity contribution in [1.82, 2.24) is 0 Å². The number of aryl methyl sites for hydroxylation is 1. The van der Waals surface area contributed by atoms with Gasteiger partial charge in [-0.25, -0.2) is 0 Å². The number of benzene rings is 3. The number of carbonyl (C=O) groups excluding carboxylic acids is 2. The second kappa shape index (κ2) is 11.9. The highest BCUT2D eigenvalue weighted by atomic mass is 16.7. The molecule has 40 heavy (non-hydrogen) atoms. The summed E-state index contributed by atoms with van der Waals surface area (Å²) in [5.41, 5.74) is 1.20. The zero-order valence-electron chi connectivity index (χ0n) is 23.0. The Hall–Kier alpha value is -4.86. The average molecular weight is 550 g/mol. The van der Waals surface area contributed by atoms with Crippen molar-refractivity contribution in [1.29, 1.82) is 0 Å². The number of allylic oxidation sites excluding steroid dienone is 1.